The average Bonchev–Trinajstić information content (AvgIpc) is 3.42. The van der Waals surface area contributed by atoms with Gasteiger partial charge < -0.3 is 19.7 Å². The Balaban J connectivity index is 0.00000645. The Morgan fingerprint density at radius 1 is 0.884 bits per heavy atom. The number of nitrogens with zero attached hydrogens (tertiary/aromatic N) is 2. The van der Waals surface area contributed by atoms with Crippen molar-refractivity contribution in [2.45, 2.75) is 104 Å². The smallest absolute Gasteiger partial charge is 0.321 e. The van der Waals surface area contributed by atoms with Gasteiger partial charge in [-0.25, -0.2) is 4.79 Å². The minimum absolute atomic E-state index is 0. The second kappa shape index (κ2) is 21.4. The summed E-state index contributed by atoms with van der Waals surface area (Å²) in [4.78, 5) is 18.3. The van der Waals surface area contributed by atoms with Crippen LogP contribution in [0.1, 0.15) is 102 Å². The van der Waals surface area contributed by atoms with Gasteiger partial charge in [0.15, 0.2) is 11.5 Å². The van der Waals surface area contributed by atoms with Crippen LogP contribution in [0.25, 0.3) is 0 Å². The van der Waals surface area contributed by atoms with Gasteiger partial charge >= 0.3 is 6.03 Å². The number of carbonyl (C=O) groups is 1. The number of rotatable bonds is 20. The molecule has 1 heterocycles. The SMILES string of the molecule is Br.CCCCCCCCCCCCCCOc1cc(CN(C(=O)NC)c2ccc(CN3C=C(C)SC3)cc2)ccc1OC. The molecule has 43 heavy (non-hydrogen) atoms. The average molecular weight is 677 g/mol. The fourth-order valence-electron chi connectivity index (χ4n) is 5.28. The number of nitrogens with one attached hydrogen (secondary N) is 1. The number of unbranched alkanes of at least 4 members (excludes halogenated alkanes) is 11. The molecular weight excluding hydrogens is 622 g/mol. The van der Waals surface area contributed by atoms with E-state index in [2.05, 4.69) is 42.4 Å². The lowest BCUT2D eigenvalue weighted by atomic mass is 10.1. The van der Waals surface area contributed by atoms with Crippen molar-refractivity contribution in [3.05, 3.63) is 64.7 Å². The number of hydrogen-bond acceptors (Lipinski definition) is 5. The molecule has 2 aromatic carbocycles. The van der Waals surface area contributed by atoms with Crippen LogP contribution in [0.4, 0.5) is 10.5 Å². The second-order valence-electron chi connectivity index (χ2n) is 11.3. The summed E-state index contributed by atoms with van der Waals surface area (Å²) in [7, 11) is 3.34. The number of benzene rings is 2. The van der Waals surface area contributed by atoms with Crippen molar-refractivity contribution in [1.82, 2.24) is 10.2 Å². The van der Waals surface area contributed by atoms with Gasteiger partial charge in [-0.3, -0.25) is 4.90 Å². The van der Waals surface area contributed by atoms with E-state index in [4.69, 9.17) is 9.47 Å². The highest BCUT2D eigenvalue weighted by Crippen LogP contribution is 2.30. The van der Waals surface area contributed by atoms with Gasteiger partial charge in [-0.05, 0) is 53.6 Å². The first-order valence-corrected chi connectivity index (χ1v) is 17.0. The second-order valence-corrected chi connectivity index (χ2v) is 12.5. The summed E-state index contributed by atoms with van der Waals surface area (Å²) in [6.07, 6.45) is 18.0. The zero-order chi connectivity index (χ0) is 30.0. The van der Waals surface area contributed by atoms with E-state index in [1.165, 1.54) is 81.1 Å². The number of thioether (sulfide) groups is 1. The fraction of sp³-hybridized carbons (Fsp3) is 0.571. The van der Waals surface area contributed by atoms with Crippen molar-refractivity contribution in [1.29, 1.82) is 0 Å². The Hall–Kier alpha value is -2.32. The quantitative estimate of drug-likeness (QED) is 0.142. The van der Waals surface area contributed by atoms with Crippen molar-refractivity contribution in [2.75, 3.05) is 31.5 Å². The van der Waals surface area contributed by atoms with Gasteiger partial charge in [0.2, 0.25) is 0 Å². The minimum Gasteiger partial charge on any atom is -0.493 e. The monoisotopic (exact) mass is 675 g/mol. The first kappa shape index (κ1) is 36.9. The summed E-state index contributed by atoms with van der Waals surface area (Å²) in [5.41, 5.74) is 3.07. The van der Waals surface area contributed by atoms with Crippen LogP contribution in [-0.4, -0.2) is 37.6 Å². The molecule has 1 aliphatic heterocycles. The van der Waals surface area contributed by atoms with Gasteiger partial charge in [-0.15, -0.1) is 28.7 Å². The van der Waals surface area contributed by atoms with Gasteiger partial charge in [0.1, 0.15) is 0 Å². The van der Waals surface area contributed by atoms with E-state index < -0.39 is 0 Å². The first-order chi connectivity index (χ1) is 20.5. The largest absolute Gasteiger partial charge is 0.493 e. The van der Waals surface area contributed by atoms with Crippen LogP contribution in [0, 0.1) is 0 Å². The van der Waals surface area contributed by atoms with Crippen molar-refractivity contribution in [3.8, 4) is 11.5 Å². The van der Waals surface area contributed by atoms with E-state index in [1.54, 1.807) is 19.1 Å². The van der Waals surface area contributed by atoms with Crippen LogP contribution in [0.15, 0.2) is 53.6 Å². The Morgan fingerprint density at radius 2 is 1.49 bits per heavy atom. The summed E-state index contributed by atoms with van der Waals surface area (Å²) in [6, 6.07) is 14.1. The van der Waals surface area contributed by atoms with Crippen LogP contribution >= 0.6 is 28.7 Å². The van der Waals surface area contributed by atoms with E-state index in [0.29, 0.717) is 13.2 Å². The maximum atomic E-state index is 12.9. The molecule has 0 aromatic heterocycles. The van der Waals surface area contributed by atoms with Gasteiger partial charge in [0.25, 0.3) is 0 Å². The maximum absolute atomic E-state index is 12.9. The van der Waals surface area contributed by atoms with Gasteiger partial charge in [0.05, 0.1) is 26.1 Å². The summed E-state index contributed by atoms with van der Waals surface area (Å²) in [6.45, 7) is 6.38. The predicted octanol–water partition coefficient (Wildman–Crippen LogP) is 10.1. The molecule has 0 radical (unpaired) electrons. The van der Waals surface area contributed by atoms with Crippen molar-refractivity contribution in [3.63, 3.8) is 0 Å². The molecule has 3 rings (SSSR count). The number of allylic oxidation sites excluding steroid dienone is 1. The van der Waals surface area contributed by atoms with E-state index in [0.717, 1.165) is 41.6 Å². The Kier molecular flexibility index (Phi) is 18.3. The molecule has 0 saturated heterocycles. The molecule has 0 atom stereocenters. The van der Waals surface area contributed by atoms with Crippen LogP contribution < -0.4 is 19.7 Å². The number of halogens is 1. The highest BCUT2D eigenvalue weighted by Gasteiger charge is 2.17. The molecule has 2 amide bonds. The predicted molar refractivity (Wildman–Crippen MR) is 189 cm³/mol. The maximum Gasteiger partial charge on any atom is 0.321 e. The molecular formula is C35H54BrN3O3S. The highest BCUT2D eigenvalue weighted by molar-refractivity contribution is 8.93. The third-order valence-electron chi connectivity index (χ3n) is 7.74. The molecule has 0 saturated carbocycles. The number of amides is 2. The van der Waals surface area contributed by atoms with Crippen LogP contribution in [0.3, 0.4) is 0 Å². The third-order valence-corrected chi connectivity index (χ3v) is 8.76. The van der Waals surface area contributed by atoms with Crippen LogP contribution in [0.2, 0.25) is 0 Å². The lowest BCUT2D eigenvalue weighted by Crippen LogP contribution is -2.37. The summed E-state index contributed by atoms with van der Waals surface area (Å²) < 4.78 is 11.7. The summed E-state index contributed by atoms with van der Waals surface area (Å²) in [5, 5.41) is 2.79. The molecule has 240 valence electrons. The van der Waals surface area contributed by atoms with E-state index >= 15 is 0 Å². The van der Waals surface area contributed by atoms with Crippen molar-refractivity contribution in [2.24, 2.45) is 0 Å². The van der Waals surface area contributed by atoms with Gasteiger partial charge in [-0.2, -0.15) is 0 Å². The molecule has 1 aliphatic rings. The van der Waals surface area contributed by atoms with Crippen LogP contribution in [0.5, 0.6) is 11.5 Å². The zero-order valence-corrected chi connectivity index (χ0v) is 29.4. The zero-order valence-electron chi connectivity index (χ0n) is 26.9. The third kappa shape index (κ3) is 13.5. The highest BCUT2D eigenvalue weighted by atomic mass is 79.9. The van der Waals surface area contributed by atoms with Crippen molar-refractivity contribution >= 4 is 40.5 Å². The summed E-state index contributed by atoms with van der Waals surface area (Å²) in [5.74, 6) is 2.44. The standard InChI is InChI=1S/C35H53N3O3S.BrH/c1-5-6-7-8-9-10-11-12-13-14-15-16-23-41-34-24-31(19-22-33(34)40-4)27-38(35(39)36-3)32-20-17-30(18-21-32)26-37-25-29(2)42-28-37;/h17-22,24-25H,5-16,23,26-28H2,1-4H3,(H,36,39);1H. The molecule has 0 unspecified atom stereocenters. The first-order valence-electron chi connectivity index (χ1n) is 16.0. The molecule has 0 aliphatic carbocycles. The van der Waals surface area contributed by atoms with Gasteiger partial charge in [0, 0.05) is 25.5 Å². The number of methoxy groups -OCH3 is 1. The molecule has 1 N–H and O–H groups in total. The topological polar surface area (TPSA) is 54.0 Å². The molecule has 8 heteroatoms. The molecule has 0 fully saturated rings. The van der Waals surface area contributed by atoms with E-state index in [-0.39, 0.29) is 23.0 Å². The molecule has 0 bridgehead atoms. The van der Waals surface area contributed by atoms with Gasteiger partial charge in [-0.1, -0.05) is 95.8 Å². The molecule has 6 nitrogen and oxygen atoms in total. The Morgan fingerprint density at radius 3 is 2.05 bits per heavy atom. The molecule has 0 spiro atoms. The molecule has 2 aromatic rings. The van der Waals surface area contributed by atoms with Crippen LogP contribution in [-0.2, 0) is 13.1 Å². The van der Waals surface area contributed by atoms with E-state index in [9.17, 15) is 4.79 Å². The number of hydrogen-bond donors (Lipinski definition) is 1. The fourth-order valence-corrected chi connectivity index (χ4v) is 6.04. The Bertz CT molecular complexity index is 1100. The number of ether oxygens (including phenoxy) is 2. The minimum atomic E-state index is -0.146. The normalized spacial score (nSPS) is 12.5. The van der Waals surface area contributed by atoms with Crippen molar-refractivity contribution < 1.29 is 14.3 Å². The van der Waals surface area contributed by atoms with E-state index in [1.807, 2.05) is 42.1 Å². The lowest BCUT2D eigenvalue weighted by molar-refractivity contribution is 0.248. The lowest BCUT2D eigenvalue weighted by Gasteiger charge is -2.24. The summed E-state index contributed by atoms with van der Waals surface area (Å²) >= 11 is 1.86. The number of urea groups is 1. The number of carbonyl (C=O) groups excluding carboxylic acids is 1. The number of anilines is 1. The Labute approximate surface area is 275 Å².